The molecule has 4 heteroatoms. The quantitative estimate of drug-likeness (QED) is 0.627. The number of aromatic amines is 1. The average molecular weight is 214 g/mol. The number of anilines is 1. The second-order valence-electron chi connectivity index (χ2n) is 4.08. The predicted molar refractivity (Wildman–Crippen MR) is 63.8 cm³/mol. The van der Waals surface area contributed by atoms with Gasteiger partial charge in [-0.3, -0.25) is 5.10 Å². The van der Waals surface area contributed by atoms with E-state index >= 15 is 0 Å². The number of fused-ring (bicyclic) bond motifs is 1. The Morgan fingerprint density at radius 3 is 3.12 bits per heavy atom. The molecule has 82 valence electrons. The molecule has 1 aliphatic rings. The van der Waals surface area contributed by atoms with Crippen molar-refractivity contribution in [2.24, 2.45) is 0 Å². The number of rotatable bonds is 1. The molecule has 2 heterocycles. The molecule has 0 radical (unpaired) electrons. The van der Waals surface area contributed by atoms with Crippen molar-refractivity contribution < 1.29 is 0 Å². The van der Waals surface area contributed by atoms with Crippen LogP contribution in [0.4, 0.5) is 5.69 Å². The third-order valence-electron chi connectivity index (χ3n) is 2.97. The third kappa shape index (κ3) is 1.47. The van der Waals surface area contributed by atoms with Crippen LogP contribution in [0.2, 0.25) is 0 Å². The van der Waals surface area contributed by atoms with Crippen molar-refractivity contribution in [3.8, 4) is 11.3 Å². The average Bonchev–Trinajstić information content (AvgIpc) is 2.72. The van der Waals surface area contributed by atoms with Crippen molar-refractivity contribution in [1.82, 2.24) is 15.5 Å². The van der Waals surface area contributed by atoms with Gasteiger partial charge in [0.1, 0.15) is 0 Å². The van der Waals surface area contributed by atoms with Crippen molar-refractivity contribution in [3.05, 3.63) is 35.5 Å². The fourth-order valence-electron chi connectivity index (χ4n) is 2.15. The number of hydrogen-bond acceptors (Lipinski definition) is 3. The highest BCUT2D eigenvalue weighted by atomic mass is 15.1. The van der Waals surface area contributed by atoms with Crippen molar-refractivity contribution in [3.63, 3.8) is 0 Å². The Morgan fingerprint density at radius 2 is 2.25 bits per heavy atom. The van der Waals surface area contributed by atoms with Gasteiger partial charge in [-0.15, -0.1) is 0 Å². The fourth-order valence-corrected chi connectivity index (χ4v) is 2.15. The standard InChI is InChI=1S/C12H14N4/c13-9-3-1-2-8(6-9)12-10-7-14-5-4-11(10)15-16-12/h1-3,6,14H,4-5,7,13H2,(H,15,16). The molecule has 1 aromatic heterocycles. The highest BCUT2D eigenvalue weighted by molar-refractivity contribution is 5.67. The van der Waals surface area contributed by atoms with Crippen LogP contribution in [0.1, 0.15) is 11.3 Å². The lowest BCUT2D eigenvalue weighted by atomic mass is 10.0. The summed E-state index contributed by atoms with van der Waals surface area (Å²) in [6.45, 7) is 1.90. The molecule has 0 spiro atoms. The van der Waals surface area contributed by atoms with Crippen molar-refractivity contribution in [2.45, 2.75) is 13.0 Å². The summed E-state index contributed by atoms with van der Waals surface area (Å²) in [4.78, 5) is 0. The molecule has 4 nitrogen and oxygen atoms in total. The van der Waals surface area contributed by atoms with Crippen LogP contribution < -0.4 is 11.1 Å². The van der Waals surface area contributed by atoms with Crippen LogP contribution in [0.3, 0.4) is 0 Å². The summed E-state index contributed by atoms with van der Waals surface area (Å²) in [6, 6.07) is 7.86. The number of nitrogens with two attached hydrogens (primary N) is 1. The Balaban J connectivity index is 2.09. The van der Waals surface area contributed by atoms with Crippen molar-refractivity contribution in [2.75, 3.05) is 12.3 Å². The van der Waals surface area contributed by atoms with Crippen LogP contribution in [-0.4, -0.2) is 16.7 Å². The summed E-state index contributed by atoms with van der Waals surface area (Å²) in [5.41, 5.74) is 11.2. The van der Waals surface area contributed by atoms with E-state index in [1.165, 1.54) is 11.3 Å². The maximum atomic E-state index is 5.79. The second kappa shape index (κ2) is 3.64. The van der Waals surface area contributed by atoms with Gasteiger partial charge in [0.15, 0.2) is 0 Å². The number of hydrogen-bond donors (Lipinski definition) is 3. The minimum atomic E-state index is 0.776. The molecule has 2 aromatic rings. The van der Waals surface area contributed by atoms with Crippen LogP contribution in [0.5, 0.6) is 0 Å². The number of nitrogen functional groups attached to an aromatic ring is 1. The van der Waals surface area contributed by atoms with E-state index in [1.54, 1.807) is 0 Å². The van der Waals surface area contributed by atoms with Crippen LogP contribution in [0.25, 0.3) is 11.3 Å². The molecule has 0 saturated carbocycles. The summed E-state index contributed by atoms with van der Waals surface area (Å²) in [5.74, 6) is 0. The highest BCUT2D eigenvalue weighted by Gasteiger charge is 2.17. The first-order valence-electron chi connectivity index (χ1n) is 5.47. The fraction of sp³-hybridized carbons (Fsp3) is 0.250. The number of benzene rings is 1. The monoisotopic (exact) mass is 214 g/mol. The van der Waals surface area contributed by atoms with Gasteiger partial charge in [-0.25, -0.2) is 0 Å². The van der Waals surface area contributed by atoms with Gasteiger partial charge in [0.05, 0.1) is 5.69 Å². The number of nitrogens with zero attached hydrogens (tertiary/aromatic N) is 1. The smallest absolute Gasteiger partial charge is 0.0969 e. The van der Waals surface area contributed by atoms with E-state index in [1.807, 2.05) is 24.3 Å². The van der Waals surface area contributed by atoms with Gasteiger partial charge >= 0.3 is 0 Å². The SMILES string of the molecule is Nc1cccc(-c2n[nH]c3c2CNCC3)c1. The van der Waals surface area contributed by atoms with E-state index in [-0.39, 0.29) is 0 Å². The Kier molecular flexibility index (Phi) is 2.15. The number of H-pyrrole nitrogens is 1. The topological polar surface area (TPSA) is 66.7 Å². The predicted octanol–water partition coefficient (Wildman–Crippen LogP) is 1.30. The molecule has 0 amide bonds. The number of nitrogens with one attached hydrogen (secondary N) is 2. The molecule has 4 N–H and O–H groups in total. The summed E-state index contributed by atoms with van der Waals surface area (Å²) < 4.78 is 0. The van der Waals surface area contributed by atoms with Gasteiger partial charge in [0.2, 0.25) is 0 Å². The summed E-state index contributed by atoms with van der Waals surface area (Å²) in [6.07, 6.45) is 1.02. The van der Waals surface area contributed by atoms with Gasteiger partial charge in [-0.2, -0.15) is 5.10 Å². The first-order valence-corrected chi connectivity index (χ1v) is 5.47. The van der Waals surface area contributed by atoms with Gasteiger partial charge in [0.25, 0.3) is 0 Å². The molecule has 0 bridgehead atoms. The first kappa shape index (κ1) is 9.42. The maximum absolute atomic E-state index is 5.79. The lowest BCUT2D eigenvalue weighted by Gasteiger charge is -2.13. The molecule has 0 atom stereocenters. The Bertz CT molecular complexity index is 515. The molecule has 3 rings (SSSR count). The molecule has 0 fully saturated rings. The Hall–Kier alpha value is -1.81. The molecular weight excluding hydrogens is 200 g/mol. The number of aromatic nitrogens is 2. The zero-order valence-corrected chi connectivity index (χ0v) is 8.96. The minimum Gasteiger partial charge on any atom is -0.399 e. The summed E-state index contributed by atoms with van der Waals surface area (Å²) >= 11 is 0. The molecule has 16 heavy (non-hydrogen) atoms. The molecule has 0 aliphatic carbocycles. The molecular formula is C12H14N4. The van der Waals surface area contributed by atoms with E-state index in [0.29, 0.717) is 0 Å². The normalized spacial score (nSPS) is 14.8. The molecule has 1 aromatic carbocycles. The minimum absolute atomic E-state index is 0.776. The summed E-state index contributed by atoms with van der Waals surface area (Å²) in [5, 5.41) is 10.9. The van der Waals surface area contributed by atoms with E-state index in [0.717, 1.165) is 36.5 Å². The van der Waals surface area contributed by atoms with Gasteiger partial charge in [-0.1, -0.05) is 12.1 Å². The lowest BCUT2D eigenvalue weighted by Crippen LogP contribution is -2.23. The molecule has 0 unspecified atom stereocenters. The Labute approximate surface area is 93.9 Å². The maximum Gasteiger partial charge on any atom is 0.0969 e. The van der Waals surface area contributed by atoms with Gasteiger partial charge in [-0.05, 0) is 12.1 Å². The van der Waals surface area contributed by atoms with Crippen molar-refractivity contribution >= 4 is 5.69 Å². The first-order chi connectivity index (χ1) is 7.84. The van der Waals surface area contributed by atoms with Crippen molar-refractivity contribution in [1.29, 1.82) is 0 Å². The van der Waals surface area contributed by atoms with Crippen LogP contribution in [0.15, 0.2) is 24.3 Å². The van der Waals surface area contributed by atoms with Crippen LogP contribution in [0, 0.1) is 0 Å². The zero-order chi connectivity index (χ0) is 11.0. The third-order valence-corrected chi connectivity index (χ3v) is 2.97. The van der Waals surface area contributed by atoms with Gasteiger partial charge < -0.3 is 11.1 Å². The van der Waals surface area contributed by atoms with E-state index in [9.17, 15) is 0 Å². The van der Waals surface area contributed by atoms with Crippen LogP contribution >= 0.6 is 0 Å². The largest absolute Gasteiger partial charge is 0.399 e. The van der Waals surface area contributed by atoms with E-state index in [2.05, 4.69) is 15.5 Å². The van der Waals surface area contributed by atoms with Crippen LogP contribution in [-0.2, 0) is 13.0 Å². The summed E-state index contributed by atoms with van der Waals surface area (Å²) in [7, 11) is 0. The lowest BCUT2D eigenvalue weighted by molar-refractivity contribution is 0.637. The molecule has 0 saturated heterocycles. The zero-order valence-electron chi connectivity index (χ0n) is 8.96. The van der Waals surface area contributed by atoms with E-state index < -0.39 is 0 Å². The Morgan fingerprint density at radius 1 is 1.31 bits per heavy atom. The second-order valence-corrected chi connectivity index (χ2v) is 4.08. The highest BCUT2D eigenvalue weighted by Crippen LogP contribution is 2.26. The van der Waals surface area contributed by atoms with Gasteiger partial charge in [0, 0.05) is 42.0 Å². The molecule has 1 aliphatic heterocycles. The van der Waals surface area contributed by atoms with E-state index in [4.69, 9.17) is 5.73 Å².